The SMILES string of the molecule is COc1ccccc1N(C)S(=O)(=O)c1ccc(Cl)c(C(=O)NNC(=O)c2ccncc2)c1. The van der Waals surface area contributed by atoms with E-state index in [0.29, 0.717) is 11.4 Å². The molecule has 0 bridgehead atoms. The molecule has 0 fully saturated rings. The van der Waals surface area contributed by atoms with E-state index in [4.69, 9.17) is 16.3 Å². The van der Waals surface area contributed by atoms with Crippen LogP contribution in [0.15, 0.2) is 71.9 Å². The van der Waals surface area contributed by atoms with Crippen molar-refractivity contribution in [2.75, 3.05) is 18.5 Å². The van der Waals surface area contributed by atoms with E-state index in [9.17, 15) is 18.0 Å². The maximum absolute atomic E-state index is 13.2. The van der Waals surface area contributed by atoms with Crippen molar-refractivity contribution in [3.05, 3.63) is 83.1 Å². The van der Waals surface area contributed by atoms with E-state index in [-0.39, 0.29) is 21.0 Å². The first-order valence-electron chi connectivity index (χ1n) is 9.18. The summed E-state index contributed by atoms with van der Waals surface area (Å²) in [5, 5.41) is 0.0135. The maximum Gasteiger partial charge on any atom is 0.271 e. The molecular weight excluding hydrogens is 456 g/mol. The highest BCUT2D eigenvalue weighted by Gasteiger charge is 2.25. The van der Waals surface area contributed by atoms with Crippen molar-refractivity contribution in [3.8, 4) is 5.75 Å². The molecule has 3 rings (SSSR count). The van der Waals surface area contributed by atoms with Crippen molar-refractivity contribution in [2.24, 2.45) is 0 Å². The van der Waals surface area contributed by atoms with Crippen LogP contribution in [0.25, 0.3) is 0 Å². The second kappa shape index (κ2) is 9.67. The van der Waals surface area contributed by atoms with Gasteiger partial charge in [0.15, 0.2) is 0 Å². The average Bonchev–Trinajstić information content (AvgIpc) is 2.82. The molecule has 166 valence electrons. The zero-order valence-electron chi connectivity index (χ0n) is 17.1. The summed E-state index contributed by atoms with van der Waals surface area (Å²) in [6.07, 6.45) is 2.86. The second-order valence-corrected chi connectivity index (χ2v) is 8.81. The van der Waals surface area contributed by atoms with Gasteiger partial charge in [-0.1, -0.05) is 23.7 Å². The molecule has 3 aromatic rings. The van der Waals surface area contributed by atoms with Crippen LogP contribution in [0.4, 0.5) is 5.69 Å². The molecular formula is C21H19ClN4O5S. The molecule has 0 aliphatic heterocycles. The number of ether oxygens (including phenoxy) is 1. The van der Waals surface area contributed by atoms with Crippen molar-refractivity contribution < 1.29 is 22.7 Å². The number of methoxy groups -OCH3 is 1. The highest BCUT2D eigenvalue weighted by molar-refractivity contribution is 7.92. The quantitative estimate of drug-likeness (QED) is 0.530. The number of amides is 2. The molecule has 0 saturated heterocycles. The molecule has 0 unspecified atom stereocenters. The van der Waals surface area contributed by atoms with Gasteiger partial charge in [-0.2, -0.15) is 0 Å². The minimum Gasteiger partial charge on any atom is -0.495 e. The number of nitrogens with one attached hydrogen (secondary N) is 2. The van der Waals surface area contributed by atoms with E-state index in [1.165, 1.54) is 50.8 Å². The summed E-state index contributed by atoms with van der Waals surface area (Å²) in [6.45, 7) is 0. The molecule has 2 N–H and O–H groups in total. The number of carbonyl (C=O) groups is 2. The number of hydrazine groups is 1. The summed E-state index contributed by atoms with van der Waals surface area (Å²) in [6, 6.07) is 13.3. The summed E-state index contributed by atoms with van der Waals surface area (Å²) in [5.74, 6) is -0.990. The van der Waals surface area contributed by atoms with Crippen molar-refractivity contribution >= 4 is 39.1 Å². The van der Waals surface area contributed by atoms with Crippen LogP contribution >= 0.6 is 11.6 Å². The van der Waals surface area contributed by atoms with Crippen molar-refractivity contribution in [1.82, 2.24) is 15.8 Å². The van der Waals surface area contributed by atoms with Crippen LogP contribution < -0.4 is 19.9 Å². The second-order valence-electron chi connectivity index (χ2n) is 6.43. The highest BCUT2D eigenvalue weighted by atomic mass is 35.5. The Hall–Kier alpha value is -3.63. The van der Waals surface area contributed by atoms with Gasteiger partial charge in [0.2, 0.25) is 0 Å². The Morgan fingerprint density at radius 3 is 2.34 bits per heavy atom. The molecule has 0 saturated carbocycles. The number of para-hydroxylation sites is 2. The number of hydrogen-bond acceptors (Lipinski definition) is 6. The van der Waals surface area contributed by atoms with Gasteiger partial charge in [-0.25, -0.2) is 8.42 Å². The summed E-state index contributed by atoms with van der Waals surface area (Å²) in [4.78, 5) is 28.3. The third-order valence-corrected chi connectivity index (χ3v) is 6.59. The molecule has 9 nitrogen and oxygen atoms in total. The van der Waals surface area contributed by atoms with Crippen molar-refractivity contribution in [3.63, 3.8) is 0 Å². The van der Waals surface area contributed by atoms with Crippen LogP contribution in [-0.4, -0.2) is 39.4 Å². The minimum atomic E-state index is -4.05. The number of rotatable bonds is 6. The largest absolute Gasteiger partial charge is 0.495 e. The summed E-state index contributed by atoms with van der Waals surface area (Å²) in [7, 11) is -1.24. The monoisotopic (exact) mass is 474 g/mol. The molecule has 2 amide bonds. The van der Waals surface area contributed by atoms with Gasteiger partial charge in [0.25, 0.3) is 21.8 Å². The lowest BCUT2D eigenvalue weighted by Gasteiger charge is -2.22. The van der Waals surface area contributed by atoms with E-state index in [2.05, 4.69) is 15.8 Å². The first kappa shape index (κ1) is 23.0. The lowest BCUT2D eigenvalue weighted by molar-refractivity contribution is 0.0846. The summed E-state index contributed by atoms with van der Waals surface area (Å²) in [5.41, 5.74) is 4.94. The Bertz CT molecular complexity index is 1250. The molecule has 0 radical (unpaired) electrons. The van der Waals surface area contributed by atoms with Crippen LogP contribution in [-0.2, 0) is 10.0 Å². The van der Waals surface area contributed by atoms with Crippen molar-refractivity contribution in [1.29, 1.82) is 0 Å². The number of halogens is 1. The Morgan fingerprint density at radius 2 is 1.66 bits per heavy atom. The van der Waals surface area contributed by atoms with Crippen LogP contribution in [0, 0.1) is 0 Å². The average molecular weight is 475 g/mol. The standard InChI is InChI=1S/C21H19ClN4O5S/c1-26(18-5-3-4-6-19(18)31-2)32(29,30)15-7-8-17(22)16(13-15)21(28)25-24-20(27)14-9-11-23-12-10-14/h3-13H,1-2H3,(H,24,27)(H,25,28). The Labute approximate surface area is 190 Å². The molecule has 1 heterocycles. The molecule has 0 spiro atoms. The predicted octanol–water partition coefficient (Wildman–Crippen LogP) is 2.64. The number of anilines is 1. The number of hydrogen-bond donors (Lipinski definition) is 2. The Balaban J connectivity index is 1.84. The van der Waals surface area contributed by atoms with Crippen LogP contribution in [0.3, 0.4) is 0 Å². The predicted molar refractivity (Wildman–Crippen MR) is 119 cm³/mol. The fourth-order valence-corrected chi connectivity index (χ4v) is 4.21. The van der Waals surface area contributed by atoms with Crippen LogP contribution in [0.5, 0.6) is 5.75 Å². The fraction of sp³-hybridized carbons (Fsp3) is 0.0952. The molecule has 0 aliphatic rings. The van der Waals surface area contributed by atoms with E-state index < -0.39 is 21.8 Å². The minimum absolute atomic E-state index is 0.0135. The molecule has 11 heteroatoms. The van der Waals surface area contributed by atoms with E-state index in [1.54, 1.807) is 24.3 Å². The van der Waals surface area contributed by atoms with Gasteiger partial charge < -0.3 is 4.74 Å². The normalized spacial score (nSPS) is 10.8. The Kier molecular flexibility index (Phi) is 6.96. The lowest BCUT2D eigenvalue weighted by atomic mass is 10.2. The van der Waals surface area contributed by atoms with E-state index in [1.807, 2.05) is 0 Å². The highest BCUT2D eigenvalue weighted by Crippen LogP contribution is 2.31. The van der Waals surface area contributed by atoms with E-state index in [0.717, 1.165) is 10.4 Å². The first-order valence-corrected chi connectivity index (χ1v) is 11.0. The van der Waals surface area contributed by atoms with Gasteiger partial charge in [0, 0.05) is 25.0 Å². The van der Waals surface area contributed by atoms with Crippen LogP contribution in [0.2, 0.25) is 5.02 Å². The van der Waals surface area contributed by atoms with Crippen molar-refractivity contribution in [2.45, 2.75) is 4.90 Å². The number of benzene rings is 2. The zero-order valence-corrected chi connectivity index (χ0v) is 18.6. The fourth-order valence-electron chi connectivity index (χ4n) is 2.77. The molecule has 0 atom stereocenters. The first-order chi connectivity index (χ1) is 15.3. The number of sulfonamides is 1. The van der Waals surface area contributed by atoms with Crippen LogP contribution in [0.1, 0.15) is 20.7 Å². The zero-order chi connectivity index (χ0) is 23.3. The van der Waals surface area contributed by atoms with Gasteiger partial charge >= 0.3 is 0 Å². The summed E-state index contributed by atoms with van der Waals surface area (Å²) < 4.78 is 32.6. The molecule has 2 aromatic carbocycles. The third kappa shape index (κ3) is 4.82. The lowest BCUT2D eigenvalue weighted by Crippen LogP contribution is -2.41. The van der Waals surface area contributed by atoms with Gasteiger partial charge in [-0.05, 0) is 42.5 Å². The maximum atomic E-state index is 13.2. The third-order valence-electron chi connectivity index (χ3n) is 4.50. The van der Waals surface area contributed by atoms with Gasteiger partial charge in [0.05, 0.1) is 28.3 Å². The Morgan fingerprint density at radius 1 is 1.00 bits per heavy atom. The summed E-state index contributed by atoms with van der Waals surface area (Å²) >= 11 is 6.11. The van der Waals surface area contributed by atoms with Gasteiger partial charge in [0.1, 0.15) is 5.75 Å². The molecule has 0 aliphatic carbocycles. The number of nitrogens with zero attached hydrogens (tertiary/aromatic N) is 2. The smallest absolute Gasteiger partial charge is 0.271 e. The molecule has 1 aromatic heterocycles. The van der Waals surface area contributed by atoms with E-state index >= 15 is 0 Å². The topological polar surface area (TPSA) is 118 Å². The number of pyridine rings is 1. The molecule has 32 heavy (non-hydrogen) atoms. The van der Waals surface area contributed by atoms with Gasteiger partial charge in [-0.3, -0.25) is 29.7 Å². The number of carbonyl (C=O) groups excluding carboxylic acids is 2. The van der Waals surface area contributed by atoms with Gasteiger partial charge in [-0.15, -0.1) is 0 Å². The number of aromatic nitrogens is 1.